The molecule has 1 saturated heterocycles. The van der Waals surface area contributed by atoms with Crippen molar-refractivity contribution in [2.24, 2.45) is 0 Å². The Balaban J connectivity index is 1.72. The minimum Gasteiger partial charge on any atom is -0.329 e. The molecule has 1 aromatic heterocycles. The van der Waals surface area contributed by atoms with Crippen molar-refractivity contribution in [3.63, 3.8) is 0 Å². The lowest BCUT2D eigenvalue weighted by atomic mass is 10.2. The van der Waals surface area contributed by atoms with Crippen molar-refractivity contribution in [2.45, 2.75) is 31.5 Å². The van der Waals surface area contributed by atoms with Crippen LogP contribution in [0.5, 0.6) is 0 Å². The summed E-state index contributed by atoms with van der Waals surface area (Å²) in [6, 6.07) is 3.19. The maximum absolute atomic E-state index is 12.0. The Morgan fingerprint density at radius 1 is 1.39 bits per heavy atom. The summed E-state index contributed by atoms with van der Waals surface area (Å²) in [5, 5.41) is 5.52. The van der Waals surface area contributed by atoms with Crippen molar-refractivity contribution in [1.29, 1.82) is 0 Å². The Bertz CT molecular complexity index is 534. The monoisotopic (exact) mass is 349 g/mol. The van der Waals surface area contributed by atoms with Gasteiger partial charge in [0.2, 0.25) is 5.91 Å². The maximum Gasteiger partial charge on any atom is 0.405 e. The van der Waals surface area contributed by atoms with Gasteiger partial charge in [0.15, 0.2) is 0 Å². The molecule has 3 amide bonds. The van der Waals surface area contributed by atoms with E-state index in [1.807, 2.05) is 16.8 Å². The van der Waals surface area contributed by atoms with Crippen LogP contribution in [0.1, 0.15) is 30.2 Å². The molecule has 2 rings (SSSR count). The van der Waals surface area contributed by atoms with Crippen molar-refractivity contribution in [3.8, 4) is 0 Å². The molecule has 0 bridgehead atoms. The van der Waals surface area contributed by atoms with Gasteiger partial charge in [-0.05, 0) is 30.8 Å². The molecule has 1 atom stereocenters. The summed E-state index contributed by atoms with van der Waals surface area (Å²) in [4.78, 5) is 26.3. The lowest BCUT2D eigenvalue weighted by Crippen LogP contribution is -2.44. The van der Waals surface area contributed by atoms with Crippen molar-refractivity contribution < 1.29 is 22.8 Å². The highest BCUT2D eigenvalue weighted by Crippen LogP contribution is 2.34. The first-order valence-electron chi connectivity index (χ1n) is 7.27. The lowest BCUT2D eigenvalue weighted by molar-refractivity contribution is -0.124. The number of hydrogen-bond donors (Lipinski definition) is 2. The normalized spacial score (nSPS) is 18.8. The average Bonchev–Trinajstić information content (AvgIpc) is 3.12. The number of urea groups is 1. The molecule has 2 heterocycles. The minimum atomic E-state index is -4.50. The third kappa shape index (κ3) is 5.83. The molecule has 0 aliphatic carbocycles. The molecule has 1 fully saturated rings. The topological polar surface area (TPSA) is 61.4 Å². The molecule has 9 heteroatoms. The van der Waals surface area contributed by atoms with Crippen LogP contribution in [0.15, 0.2) is 17.5 Å². The summed E-state index contributed by atoms with van der Waals surface area (Å²) in [7, 11) is 0. The van der Waals surface area contributed by atoms with Crippen molar-refractivity contribution >= 4 is 23.3 Å². The summed E-state index contributed by atoms with van der Waals surface area (Å²) < 4.78 is 35.9. The van der Waals surface area contributed by atoms with E-state index in [0.29, 0.717) is 6.54 Å². The van der Waals surface area contributed by atoms with Gasteiger partial charge in [-0.3, -0.25) is 15.0 Å². The SMILES string of the molecule is O=C(CCN1CCC[C@@H]1c1cccs1)NC(=O)NCC(F)(F)F. The molecule has 0 spiro atoms. The predicted octanol–water partition coefficient (Wildman–Crippen LogP) is 2.66. The van der Waals surface area contributed by atoms with Crippen LogP contribution in [-0.4, -0.2) is 42.6 Å². The number of amides is 3. The molecule has 128 valence electrons. The standard InChI is InChI=1S/C14H18F3N3O2S/c15-14(16,17)9-18-13(22)19-12(21)5-7-20-6-1-3-10(20)11-4-2-8-23-11/h2,4,8,10H,1,3,5-7,9H2,(H2,18,19,21,22)/t10-/m1/s1. The fourth-order valence-electron chi connectivity index (χ4n) is 2.56. The van der Waals surface area contributed by atoms with Gasteiger partial charge in [0.1, 0.15) is 6.54 Å². The van der Waals surface area contributed by atoms with Crippen LogP contribution in [0.2, 0.25) is 0 Å². The summed E-state index contributed by atoms with van der Waals surface area (Å²) in [6.45, 7) is -0.115. The first kappa shape index (κ1) is 17.7. The summed E-state index contributed by atoms with van der Waals surface area (Å²) >= 11 is 1.66. The Morgan fingerprint density at radius 2 is 2.17 bits per heavy atom. The van der Waals surface area contributed by atoms with E-state index in [4.69, 9.17) is 0 Å². The number of hydrogen-bond acceptors (Lipinski definition) is 4. The fourth-order valence-corrected chi connectivity index (χ4v) is 3.45. The van der Waals surface area contributed by atoms with Gasteiger partial charge < -0.3 is 5.32 Å². The Kier molecular flexibility index (Phi) is 6.00. The van der Waals surface area contributed by atoms with E-state index in [1.165, 1.54) is 4.88 Å². The number of rotatable bonds is 5. The molecule has 5 nitrogen and oxygen atoms in total. The molecule has 0 unspecified atom stereocenters. The molecule has 0 saturated carbocycles. The number of carbonyl (C=O) groups is 2. The van der Waals surface area contributed by atoms with Crippen molar-refractivity contribution in [1.82, 2.24) is 15.5 Å². The van der Waals surface area contributed by atoms with E-state index in [2.05, 4.69) is 11.0 Å². The van der Waals surface area contributed by atoms with Crippen LogP contribution in [0.25, 0.3) is 0 Å². The lowest BCUT2D eigenvalue weighted by Gasteiger charge is -2.23. The molecular formula is C14H18F3N3O2S. The number of alkyl halides is 3. The first-order chi connectivity index (χ1) is 10.8. The predicted molar refractivity (Wildman–Crippen MR) is 80.1 cm³/mol. The number of imide groups is 1. The van der Waals surface area contributed by atoms with E-state index in [-0.39, 0.29) is 12.5 Å². The van der Waals surface area contributed by atoms with Crippen LogP contribution in [0, 0.1) is 0 Å². The van der Waals surface area contributed by atoms with Crippen LogP contribution < -0.4 is 10.6 Å². The van der Waals surface area contributed by atoms with Crippen LogP contribution in [0.4, 0.5) is 18.0 Å². The van der Waals surface area contributed by atoms with Crippen LogP contribution in [-0.2, 0) is 4.79 Å². The van der Waals surface area contributed by atoms with Gasteiger partial charge in [-0.25, -0.2) is 4.79 Å². The largest absolute Gasteiger partial charge is 0.405 e. The summed E-state index contributed by atoms with van der Waals surface area (Å²) in [6.07, 6.45) is -2.37. The van der Waals surface area contributed by atoms with E-state index >= 15 is 0 Å². The molecule has 0 radical (unpaired) electrons. The molecule has 1 aliphatic rings. The van der Waals surface area contributed by atoms with Gasteiger partial charge in [0.05, 0.1) is 0 Å². The summed E-state index contributed by atoms with van der Waals surface area (Å²) in [5.74, 6) is -0.582. The van der Waals surface area contributed by atoms with Gasteiger partial charge in [0.25, 0.3) is 0 Å². The van der Waals surface area contributed by atoms with Crippen LogP contribution in [0.3, 0.4) is 0 Å². The molecule has 0 aromatic carbocycles. The zero-order valence-electron chi connectivity index (χ0n) is 12.4. The van der Waals surface area contributed by atoms with Crippen LogP contribution >= 0.6 is 11.3 Å². The number of halogens is 3. The Hall–Kier alpha value is -1.61. The van der Waals surface area contributed by atoms with Gasteiger partial charge in [-0.2, -0.15) is 13.2 Å². The van der Waals surface area contributed by atoms with Gasteiger partial charge in [0, 0.05) is 23.9 Å². The number of likely N-dealkylation sites (tertiary alicyclic amines) is 1. The molecule has 1 aliphatic heterocycles. The number of nitrogens with zero attached hydrogens (tertiary/aromatic N) is 1. The summed E-state index contributed by atoms with van der Waals surface area (Å²) in [5.41, 5.74) is 0. The smallest absolute Gasteiger partial charge is 0.329 e. The average molecular weight is 349 g/mol. The zero-order valence-corrected chi connectivity index (χ0v) is 13.2. The minimum absolute atomic E-state index is 0.0707. The fraction of sp³-hybridized carbons (Fsp3) is 0.571. The van der Waals surface area contributed by atoms with Gasteiger partial charge >= 0.3 is 12.2 Å². The zero-order chi connectivity index (χ0) is 16.9. The highest BCUT2D eigenvalue weighted by atomic mass is 32.1. The number of nitrogens with one attached hydrogen (secondary N) is 2. The second-order valence-corrected chi connectivity index (χ2v) is 6.28. The van der Waals surface area contributed by atoms with E-state index < -0.39 is 24.7 Å². The van der Waals surface area contributed by atoms with Gasteiger partial charge in [-0.1, -0.05) is 6.07 Å². The molecule has 2 N–H and O–H groups in total. The van der Waals surface area contributed by atoms with Gasteiger partial charge in [-0.15, -0.1) is 11.3 Å². The molecular weight excluding hydrogens is 331 g/mol. The Labute approximate surface area is 135 Å². The highest BCUT2D eigenvalue weighted by molar-refractivity contribution is 7.10. The molecule has 23 heavy (non-hydrogen) atoms. The number of carbonyl (C=O) groups excluding carboxylic acids is 2. The van der Waals surface area contributed by atoms with Crippen molar-refractivity contribution in [2.75, 3.05) is 19.6 Å². The third-order valence-corrected chi connectivity index (χ3v) is 4.54. The Morgan fingerprint density at radius 3 is 2.83 bits per heavy atom. The van der Waals surface area contributed by atoms with E-state index in [1.54, 1.807) is 16.7 Å². The van der Waals surface area contributed by atoms with E-state index in [9.17, 15) is 22.8 Å². The second-order valence-electron chi connectivity index (χ2n) is 5.31. The maximum atomic E-state index is 12.0. The molecule has 1 aromatic rings. The van der Waals surface area contributed by atoms with Crippen molar-refractivity contribution in [3.05, 3.63) is 22.4 Å². The second kappa shape index (κ2) is 7.78. The highest BCUT2D eigenvalue weighted by Gasteiger charge is 2.29. The quantitative estimate of drug-likeness (QED) is 0.859. The van der Waals surface area contributed by atoms with E-state index in [0.717, 1.165) is 19.4 Å². The number of thiophene rings is 1. The third-order valence-electron chi connectivity index (χ3n) is 3.56. The first-order valence-corrected chi connectivity index (χ1v) is 8.15.